The molecule has 1 aromatic heterocycles. The summed E-state index contributed by atoms with van der Waals surface area (Å²) in [4.78, 5) is 9.62. The van der Waals surface area contributed by atoms with Crippen LogP contribution in [0.3, 0.4) is 0 Å². The highest BCUT2D eigenvalue weighted by Gasteiger charge is 2.35. The number of hydrogen-bond donors (Lipinski definition) is 1. The molecule has 1 aromatic rings. The van der Waals surface area contributed by atoms with Gasteiger partial charge in [0.05, 0.1) is 0 Å². The van der Waals surface area contributed by atoms with E-state index in [2.05, 4.69) is 27.9 Å². The minimum absolute atomic E-state index is 0.0467. The molecule has 2 unspecified atom stereocenters. The Morgan fingerprint density at radius 2 is 2.20 bits per heavy atom. The SMILES string of the molecule is C[C@@H](N)c1cccnc1N1CCC2C(CCCN2C)C1. The first-order valence-electron chi connectivity index (χ1n) is 7.82. The Labute approximate surface area is 122 Å². The predicted molar refractivity (Wildman–Crippen MR) is 82.8 cm³/mol. The van der Waals surface area contributed by atoms with E-state index in [1.54, 1.807) is 0 Å². The molecule has 2 saturated heterocycles. The summed E-state index contributed by atoms with van der Waals surface area (Å²) in [5.74, 6) is 1.89. The van der Waals surface area contributed by atoms with E-state index in [4.69, 9.17) is 5.73 Å². The standard InChI is InChI=1S/C16H26N4/c1-12(17)14-6-3-8-18-16(14)20-10-7-15-13(11-20)5-4-9-19(15)2/h3,6,8,12-13,15H,4-5,7,9-11,17H2,1-2H3/t12-,13?,15?/m1/s1. The van der Waals surface area contributed by atoms with Gasteiger partial charge in [-0.2, -0.15) is 0 Å². The highest BCUT2D eigenvalue weighted by Crippen LogP contribution is 2.33. The second kappa shape index (κ2) is 5.70. The number of fused-ring (bicyclic) bond motifs is 1. The lowest BCUT2D eigenvalue weighted by Gasteiger charge is -2.46. The van der Waals surface area contributed by atoms with Crippen LogP contribution in [0.4, 0.5) is 5.82 Å². The molecule has 2 aliphatic rings. The zero-order valence-corrected chi connectivity index (χ0v) is 12.6. The van der Waals surface area contributed by atoms with Gasteiger partial charge in [0.25, 0.3) is 0 Å². The van der Waals surface area contributed by atoms with Gasteiger partial charge in [0, 0.05) is 36.9 Å². The normalized spacial score (nSPS) is 29.1. The van der Waals surface area contributed by atoms with Gasteiger partial charge < -0.3 is 15.5 Å². The number of rotatable bonds is 2. The van der Waals surface area contributed by atoms with Crippen molar-refractivity contribution in [3.05, 3.63) is 23.9 Å². The quantitative estimate of drug-likeness (QED) is 0.896. The van der Waals surface area contributed by atoms with Crippen molar-refractivity contribution in [2.24, 2.45) is 11.7 Å². The lowest BCUT2D eigenvalue weighted by Crippen LogP contribution is -2.53. The summed E-state index contributed by atoms with van der Waals surface area (Å²) in [6, 6.07) is 4.92. The molecule has 0 spiro atoms. The molecule has 3 atom stereocenters. The Bertz CT molecular complexity index is 460. The van der Waals surface area contributed by atoms with Gasteiger partial charge in [0.2, 0.25) is 0 Å². The van der Waals surface area contributed by atoms with E-state index in [0.717, 1.165) is 30.9 Å². The summed E-state index contributed by atoms with van der Waals surface area (Å²) in [6.45, 7) is 5.53. The first-order chi connectivity index (χ1) is 9.66. The molecule has 0 aliphatic carbocycles. The lowest BCUT2D eigenvalue weighted by atomic mass is 9.84. The van der Waals surface area contributed by atoms with E-state index in [1.807, 2.05) is 19.2 Å². The highest BCUT2D eigenvalue weighted by atomic mass is 15.2. The van der Waals surface area contributed by atoms with E-state index < -0.39 is 0 Å². The molecule has 0 bridgehead atoms. The van der Waals surface area contributed by atoms with E-state index >= 15 is 0 Å². The second-order valence-electron chi connectivity index (χ2n) is 6.39. The molecular weight excluding hydrogens is 248 g/mol. The third kappa shape index (κ3) is 2.54. The Hall–Kier alpha value is -1.13. The first kappa shape index (κ1) is 13.8. The minimum Gasteiger partial charge on any atom is -0.356 e. The Balaban J connectivity index is 1.79. The van der Waals surface area contributed by atoms with Crippen molar-refractivity contribution in [3.8, 4) is 0 Å². The largest absolute Gasteiger partial charge is 0.356 e. The van der Waals surface area contributed by atoms with Crippen LogP contribution in [0.25, 0.3) is 0 Å². The van der Waals surface area contributed by atoms with Gasteiger partial charge in [-0.15, -0.1) is 0 Å². The third-order valence-electron chi connectivity index (χ3n) is 4.95. The average Bonchev–Trinajstić information content (AvgIpc) is 2.47. The number of aromatic nitrogens is 1. The molecule has 0 aromatic carbocycles. The second-order valence-corrected chi connectivity index (χ2v) is 6.39. The summed E-state index contributed by atoms with van der Waals surface area (Å²) in [5, 5.41) is 0. The van der Waals surface area contributed by atoms with Crippen LogP contribution < -0.4 is 10.6 Å². The Morgan fingerprint density at radius 3 is 3.00 bits per heavy atom. The fraction of sp³-hybridized carbons (Fsp3) is 0.688. The first-order valence-corrected chi connectivity index (χ1v) is 7.82. The summed E-state index contributed by atoms with van der Waals surface area (Å²) in [7, 11) is 2.28. The number of nitrogens with two attached hydrogens (primary N) is 1. The van der Waals surface area contributed by atoms with Crippen LogP contribution in [0.1, 0.15) is 37.8 Å². The van der Waals surface area contributed by atoms with Crippen molar-refractivity contribution < 1.29 is 0 Å². The lowest BCUT2D eigenvalue weighted by molar-refractivity contribution is 0.102. The topological polar surface area (TPSA) is 45.4 Å². The molecule has 2 aliphatic heterocycles. The maximum absolute atomic E-state index is 6.10. The minimum atomic E-state index is 0.0467. The third-order valence-corrected chi connectivity index (χ3v) is 4.95. The molecule has 0 amide bonds. The number of anilines is 1. The van der Waals surface area contributed by atoms with Crippen molar-refractivity contribution in [2.45, 2.75) is 38.3 Å². The van der Waals surface area contributed by atoms with Gasteiger partial charge in [-0.25, -0.2) is 4.98 Å². The maximum Gasteiger partial charge on any atom is 0.133 e. The van der Waals surface area contributed by atoms with Crippen LogP contribution in [-0.4, -0.2) is 42.6 Å². The zero-order chi connectivity index (χ0) is 14.1. The van der Waals surface area contributed by atoms with Crippen LogP contribution in [-0.2, 0) is 0 Å². The average molecular weight is 274 g/mol. The number of likely N-dealkylation sites (tertiary alicyclic amines) is 1. The molecule has 2 fully saturated rings. The van der Waals surface area contributed by atoms with Crippen molar-refractivity contribution in [1.29, 1.82) is 0 Å². The van der Waals surface area contributed by atoms with E-state index in [0.29, 0.717) is 0 Å². The van der Waals surface area contributed by atoms with Crippen molar-refractivity contribution >= 4 is 5.82 Å². The molecule has 20 heavy (non-hydrogen) atoms. The van der Waals surface area contributed by atoms with Crippen LogP contribution in [0, 0.1) is 5.92 Å². The molecule has 110 valence electrons. The number of nitrogens with zero attached hydrogens (tertiary/aromatic N) is 3. The van der Waals surface area contributed by atoms with Crippen LogP contribution >= 0.6 is 0 Å². The maximum atomic E-state index is 6.10. The van der Waals surface area contributed by atoms with Gasteiger partial charge in [0.1, 0.15) is 5.82 Å². The van der Waals surface area contributed by atoms with Gasteiger partial charge in [0.15, 0.2) is 0 Å². The van der Waals surface area contributed by atoms with Crippen LogP contribution in [0.5, 0.6) is 0 Å². The number of piperidine rings is 2. The molecule has 3 heterocycles. The molecule has 0 saturated carbocycles. The predicted octanol–water partition coefficient (Wildman–Crippen LogP) is 2.02. The van der Waals surface area contributed by atoms with Crippen molar-refractivity contribution in [3.63, 3.8) is 0 Å². The Kier molecular flexibility index (Phi) is 3.94. The van der Waals surface area contributed by atoms with Gasteiger partial charge >= 0.3 is 0 Å². The smallest absolute Gasteiger partial charge is 0.133 e. The van der Waals surface area contributed by atoms with Gasteiger partial charge in [-0.1, -0.05) is 6.07 Å². The van der Waals surface area contributed by atoms with Crippen LogP contribution in [0.15, 0.2) is 18.3 Å². The number of hydrogen-bond acceptors (Lipinski definition) is 4. The number of pyridine rings is 1. The summed E-state index contributed by atoms with van der Waals surface area (Å²) in [6.07, 6.45) is 5.82. The molecule has 3 rings (SSSR count). The van der Waals surface area contributed by atoms with Crippen LogP contribution in [0.2, 0.25) is 0 Å². The van der Waals surface area contributed by atoms with Gasteiger partial charge in [-0.05, 0) is 51.8 Å². The monoisotopic (exact) mass is 274 g/mol. The Morgan fingerprint density at radius 1 is 1.35 bits per heavy atom. The highest BCUT2D eigenvalue weighted by molar-refractivity contribution is 5.48. The molecule has 4 nitrogen and oxygen atoms in total. The van der Waals surface area contributed by atoms with E-state index in [1.165, 1.54) is 31.4 Å². The van der Waals surface area contributed by atoms with E-state index in [-0.39, 0.29) is 6.04 Å². The van der Waals surface area contributed by atoms with E-state index in [9.17, 15) is 0 Å². The zero-order valence-electron chi connectivity index (χ0n) is 12.6. The molecular formula is C16H26N4. The van der Waals surface area contributed by atoms with Crippen molar-refractivity contribution in [1.82, 2.24) is 9.88 Å². The van der Waals surface area contributed by atoms with Gasteiger partial charge in [-0.3, -0.25) is 0 Å². The molecule has 4 heteroatoms. The summed E-state index contributed by atoms with van der Waals surface area (Å²) >= 11 is 0. The fourth-order valence-electron chi connectivity index (χ4n) is 3.87. The fourth-order valence-corrected chi connectivity index (χ4v) is 3.87. The summed E-state index contributed by atoms with van der Waals surface area (Å²) < 4.78 is 0. The summed E-state index contributed by atoms with van der Waals surface area (Å²) in [5.41, 5.74) is 7.28. The molecule has 0 radical (unpaired) electrons. The van der Waals surface area contributed by atoms with Crippen molar-refractivity contribution in [2.75, 3.05) is 31.6 Å². The molecule has 2 N–H and O–H groups in total.